The second-order valence-corrected chi connectivity index (χ2v) is 6.43. The van der Waals surface area contributed by atoms with Gasteiger partial charge in [-0.3, -0.25) is 4.79 Å². The highest BCUT2D eigenvalue weighted by molar-refractivity contribution is 6.00. The van der Waals surface area contributed by atoms with Gasteiger partial charge in [0.05, 0.1) is 6.61 Å². The molecule has 154 valence electrons. The maximum Gasteiger partial charge on any atom is 0.331 e. The van der Waals surface area contributed by atoms with Gasteiger partial charge in [0.2, 0.25) is 5.78 Å². The van der Waals surface area contributed by atoms with E-state index < -0.39 is 18.5 Å². The Morgan fingerprint density at radius 2 is 1.66 bits per heavy atom. The van der Waals surface area contributed by atoms with E-state index in [0.29, 0.717) is 18.5 Å². The zero-order valence-corrected chi connectivity index (χ0v) is 16.7. The number of esters is 2. The molecule has 7 heteroatoms. The lowest BCUT2D eigenvalue weighted by molar-refractivity contribution is -0.139. The van der Waals surface area contributed by atoms with Gasteiger partial charge in [0.1, 0.15) is 5.82 Å². The van der Waals surface area contributed by atoms with Gasteiger partial charge in [0.15, 0.2) is 6.61 Å². The highest BCUT2D eigenvalue weighted by Gasteiger charge is 2.17. The predicted molar refractivity (Wildman–Crippen MR) is 105 cm³/mol. The second-order valence-electron chi connectivity index (χ2n) is 6.43. The molecular formula is C22H24FNO5. The minimum absolute atomic E-state index is 0.202. The molecule has 0 saturated carbocycles. The van der Waals surface area contributed by atoms with Crippen molar-refractivity contribution in [2.75, 3.05) is 13.2 Å². The summed E-state index contributed by atoms with van der Waals surface area (Å²) in [6, 6.07) is 8.07. The first-order valence-electron chi connectivity index (χ1n) is 9.27. The van der Waals surface area contributed by atoms with Crippen molar-refractivity contribution in [1.29, 1.82) is 0 Å². The SMILES string of the molecule is CCOC(=O)/C=C/C(=O)OCC(=O)c1cc(C)n(CCc2ccc(F)cc2)c1C. The average Bonchev–Trinajstić information content (AvgIpc) is 2.98. The van der Waals surface area contributed by atoms with E-state index in [1.165, 1.54) is 12.1 Å². The van der Waals surface area contributed by atoms with Crippen molar-refractivity contribution in [2.45, 2.75) is 33.7 Å². The lowest BCUT2D eigenvalue weighted by Gasteiger charge is -2.10. The van der Waals surface area contributed by atoms with Crippen LogP contribution in [-0.2, 0) is 32.0 Å². The summed E-state index contributed by atoms with van der Waals surface area (Å²) in [7, 11) is 0. The number of halogens is 1. The topological polar surface area (TPSA) is 74.6 Å². The average molecular weight is 401 g/mol. The summed E-state index contributed by atoms with van der Waals surface area (Å²) in [4.78, 5) is 35.2. The minimum Gasteiger partial charge on any atom is -0.463 e. The molecule has 0 aliphatic heterocycles. The molecule has 0 saturated heterocycles. The van der Waals surface area contributed by atoms with Crippen LogP contribution in [0.2, 0.25) is 0 Å². The molecule has 0 unspecified atom stereocenters. The maximum absolute atomic E-state index is 13.0. The zero-order valence-electron chi connectivity index (χ0n) is 16.7. The van der Waals surface area contributed by atoms with Gasteiger partial charge in [-0.05, 0) is 51.0 Å². The molecule has 2 rings (SSSR count). The molecule has 0 amide bonds. The molecule has 0 aliphatic carbocycles. The normalized spacial score (nSPS) is 10.9. The fraction of sp³-hybridized carbons (Fsp3) is 0.318. The van der Waals surface area contributed by atoms with Gasteiger partial charge in [-0.15, -0.1) is 0 Å². The number of ketones is 1. The second kappa shape index (κ2) is 10.4. The number of nitrogens with zero attached hydrogens (tertiary/aromatic N) is 1. The van der Waals surface area contributed by atoms with Gasteiger partial charge in [-0.2, -0.15) is 0 Å². The van der Waals surface area contributed by atoms with Gasteiger partial charge in [0, 0.05) is 35.6 Å². The lowest BCUT2D eigenvalue weighted by atomic mass is 10.1. The first-order valence-corrected chi connectivity index (χ1v) is 9.27. The number of carbonyl (C=O) groups is 3. The first kappa shape index (κ1) is 22.1. The molecule has 1 heterocycles. The fourth-order valence-corrected chi connectivity index (χ4v) is 2.91. The van der Waals surface area contributed by atoms with Crippen LogP contribution in [0.5, 0.6) is 0 Å². The van der Waals surface area contributed by atoms with Crippen LogP contribution in [0, 0.1) is 19.7 Å². The molecule has 1 aromatic carbocycles. The Morgan fingerprint density at radius 1 is 1.03 bits per heavy atom. The van der Waals surface area contributed by atoms with E-state index in [1.54, 1.807) is 25.1 Å². The van der Waals surface area contributed by atoms with Gasteiger partial charge in [-0.1, -0.05) is 12.1 Å². The number of aryl methyl sites for hydroxylation is 2. The summed E-state index contributed by atoms with van der Waals surface area (Å²) in [5.41, 5.74) is 3.15. The summed E-state index contributed by atoms with van der Waals surface area (Å²) in [5, 5.41) is 0. The van der Waals surface area contributed by atoms with E-state index in [4.69, 9.17) is 4.74 Å². The van der Waals surface area contributed by atoms with Crippen LogP contribution in [0.4, 0.5) is 4.39 Å². The quantitative estimate of drug-likeness (QED) is 0.366. The molecule has 6 nitrogen and oxygen atoms in total. The van der Waals surface area contributed by atoms with Gasteiger partial charge in [-0.25, -0.2) is 14.0 Å². The molecule has 0 fully saturated rings. The Balaban J connectivity index is 1.95. The predicted octanol–water partition coefficient (Wildman–Crippen LogP) is 3.33. The number of Topliss-reactive ketones (excluding diaryl/α,β-unsaturated/α-hetero) is 1. The maximum atomic E-state index is 13.0. The molecule has 0 radical (unpaired) electrons. The number of benzene rings is 1. The van der Waals surface area contributed by atoms with Crippen molar-refractivity contribution in [3.05, 3.63) is 70.8 Å². The number of hydrogen-bond donors (Lipinski definition) is 0. The van der Waals surface area contributed by atoms with Crippen LogP contribution < -0.4 is 0 Å². The Kier molecular flexibility index (Phi) is 7.88. The minimum atomic E-state index is -0.795. The summed E-state index contributed by atoms with van der Waals surface area (Å²) in [5.74, 6) is -2.05. The molecule has 2 aromatic rings. The number of aromatic nitrogens is 1. The van der Waals surface area contributed by atoms with Gasteiger partial charge < -0.3 is 14.0 Å². The van der Waals surface area contributed by atoms with E-state index in [-0.39, 0.29) is 18.2 Å². The summed E-state index contributed by atoms with van der Waals surface area (Å²) in [6.45, 7) is 5.79. The Labute approximate surface area is 168 Å². The third-order valence-corrected chi connectivity index (χ3v) is 4.40. The molecule has 1 aromatic heterocycles. The van der Waals surface area contributed by atoms with Crippen LogP contribution in [0.3, 0.4) is 0 Å². The number of rotatable bonds is 9. The van der Waals surface area contributed by atoms with Crippen molar-refractivity contribution in [2.24, 2.45) is 0 Å². The first-order chi connectivity index (χ1) is 13.8. The molecular weight excluding hydrogens is 377 g/mol. The Morgan fingerprint density at radius 3 is 2.28 bits per heavy atom. The van der Waals surface area contributed by atoms with Crippen LogP contribution >= 0.6 is 0 Å². The van der Waals surface area contributed by atoms with E-state index in [2.05, 4.69) is 4.74 Å². The number of hydrogen-bond acceptors (Lipinski definition) is 5. The number of carbonyl (C=O) groups excluding carboxylic acids is 3. The Hall–Kier alpha value is -3.22. The van der Waals surface area contributed by atoms with Crippen molar-refractivity contribution >= 4 is 17.7 Å². The smallest absolute Gasteiger partial charge is 0.331 e. The van der Waals surface area contributed by atoms with Crippen molar-refractivity contribution in [1.82, 2.24) is 4.57 Å². The van der Waals surface area contributed by atoms with Crippen LogP contribution in [0.25, 0.3) is 0 Å². The molecule has 0 aliphatic rings. The van der Waals surface area contributed by atoms with E-state index >= 15 is 0 Å². The fourth-order valence-electron chi connectivity index (χ4n) is 2.91. The molecule has 0 spiro atoms. The van der Waals surface area contributed by atoms with Crippen LogP contribution in [-0.4, -0.2) is 35.5 Å². The third kappa shape index (κ3) is 6.41. The van der Waals surface area contributed by atoms with Crippen molar-refractivity contribution in [3.63, 3.8) is 0 Å². The van der Waals surface area contributed by atoms with Crippen LogP contribution in [0.1, 0.15) is 34.2 Å². The third-order valence-electron chi connectivity index (χ3n) is 4.40. The zero-order chi connectivity index (χ0) is 21.4. The van der Waals surface area contributed by atoms with Gasteiger partial charge >= 0.3 is 11.9 Å². The summed E-state index contributed by atoms with van der Waals surface area (Å²) >= 11 is 0. The van der Waals surface area contributed by atoms with E-state index in [0.717, 1.165) is 29.1 Å². The van der Waals surface area contributed by atoms with E-state index in [9.17, 15) is 18.8 Å². The van der Waals surface area contributed by atoms with Crippen LogP contribution in [0.15, 0.2) is 42.5 Å². The summed E-state index contributed by atoms with van der Waals surface area (Å²) in [6.07, 6.45) is 2.58. The lowest BCUT2D eigenvalue weighted by Crippen LogP contribution is -2.14. The number of ether oxygens (including phenoxy) is 2. The molecule has 29 heavy (non-hydrogen) atoms. The standard InChI is InChI=1S/C22H24FNO5/c1-4-28-21(26)9-10-22(27)29-14-20(25)19-13-15(2)24(16(19)3)12-11-17-5-7-18(23)8-6-17/h5-10,13H,4,11-12,14H2,1-3H3/b10-9+. The highest BCUT2D eigenvalue weighted by atomic mass is 19.1. The molecule has 0 bridgehead atoms. The largest absolute Gasteiger partial charge is 0.463 e. The molecule has 0 N–H and O–H groups in total. The molecule has 0 atom stereocenters. The van der Waals surface area contributed by atoms with E-state index in [1.807, 2.05) is 18.4 Å². The van der Waals surface area contributed by atoms with Crippen molar-refractivity contribution < 1.29 is 28.2 Å². The van der Waals surface area contributed by atoms with Gasteiger partial charge in [0.25, 0.3) is 0 Å². The van der Waals surface area contributed by atoms with Crippen molar-refractivity contribution in [3.8, 4) is 0 Å². The highest BCUT2D eigenvalue weighted by Crippen LogP contribution is 2.17. The summed E-state index contributed by atoms with van der Waals surface area (Å²) < 4.78 is 24.6. The Bertz CT molecular complexity index is 912. The monoisotopic (exact) mass is 401 g/mol.